The highest BCUT2D eigenvalue weighted by molar-refractivity contribution is 8.00. The maximum absolute atomic E-state index is 11.2. The number of nitrogens with one attached hydrogen (secondary N) is 2. The van der Waals surface area contributed by atoms with Crippen LogP contribution in [0.4, 0.5) is 16.5 Å². The molecular weight excluding hydrogens is 470 g/mol. The first kappa shape index (κ1) is 21.8. The van der Waals surface area contributed by atoms with Crippen molar-refractivity contribution in [2.75, 3.05) is 10.6 Å². The van der Waals surface area contributed by atoms with E-state index in [1.165, 1.54) is 23.8 Å². The van der Waals surface area contributed by atoms with Crippen molar-refractivity contribution < 1.29 is 4.79 Å². The fourth-order valence-electron chi connectivity index (χ4n) is 2.73. The van der Waals surface area contributed by atoms with Gasteiger partial charge in [-0.25, -0.2) is 4.98 Å². The van der Waals surface area contributed by atoms with E-state index in [1.807, 2.05) is 48.5 Å². The molecule has 0 aliphatic heterocycles. The predicted molar refractivity (Wildman–Crippen MR) is 130 cm³/mol. The quantitative estimate of drug-likeness (QED) is 0.286. The van der Waals surface area contributed by atoms with Gasteiger partial charge in [0.05, 0.1) is 10.7 Å². The summed E-state index contributed by atoms with van der Waals surface area (Å²) >= 11 is 10.7. The second kappa shape index (κ2) is 10.2. The summed E-state index contributed by atoms with van der Waals surface area (Å²) in [4.78, 5) is 15.9. The first-order valence-corrected chi connectivity index (χ1v) is 12.4. The van der Waals surface area contributed by atoms with Gasteiger partial charge in [0, 0.05) is 40.9 Å². The van der Waals surface area contributed by atoms with Crippen molar-refractivity contribution in [3.63, 3.8) is 0 Å². The van der Waals surface area contributed by atoms with Gasteiger partial charge in [0.25, 0.3) is 0 Å². The van der Waals surface area contributed by atoms with Crippen LogP contribution in [0.25, 0.3) is 0 Å². The third-order valence-corrected chi connectivity index (χ3v) is 7.21. The molecule has 0 saturated carbocycles. The molecule has 0 saturated heterocycles. The molecule has 4 rings (SSSR count). The Balaban J connectivity index is 1.31. The molecule has 10 heteroatoms. The van der Waals surface area contributed by atoms with Crippen molar-refractivity contribution in [2.24, 2.45) is 0 Å². The molecule has 31 heavy (non-hydrogen) atoms. The monoisotopic (exact) mass is 487 g/mol. The zero-order valence-corrected chi connectivity index (χ0v) is 19.7. The second-order valence-electron chi connectivity index (χ2n) is 6.58. The molecule has 2 aromatic carbocycles. The molecule has 1 amide bonds. The smallest absolute Gasteiger partial charge is 0.221 e. The summed E-state index contributed by atoms with van der Waals surface area (Å²) < 4.78 is 0.868. The molecular formula is C21H18ClN5OS3. The van der Waals surface area contributed by atoms with Crippen LogP contribution in [0.3, 0.4) is 0 Å². The Morgan fingerprint density at radius 3 is 2.74 bits per heavy atom. The molecule has 2 aromatic heterocycles. The zero-order valence-electron chi connectivity index (χ0n) is 16.5. The lowest BCUT2D eigenvalue weighted by Crippen LogP contribution is -2.05. The maximum Gasteiger partial charge on any atom is 0.221 e. The van der Waals surface area contributed by atoms with Gasteiger partial charge in [-0.3, -0.25) is 4.79 Å². The fraction of sp³-hybridized carbons (Fsp3) is 0.143. The molecule has 2 N–H and O–H groups in total. The molecule has 0 spiro atoms. The Kier molecular flexibility index (Phi) is 7.18. The average molecular weight is 488 g/mol. The Morgan fingerprint density at radius 1 is 1.13 bits per heavy atom. The summed E-state index contributed by atoms with van der Waals surface area (Å²) in [6.45, 7) is 1.48. The number of nitrogens with zero attached hydrogens (tertiary/aromatic N) is 3. The van der Waals surface area contributed by atoms with Gasteiger partial charge in [0.1, 0.15) is 0 Å². The third-order valence-electron chi connectivity index (χ3n) is 4.05. The van der Waals surface area contributed by atoms with Gasteiger partial charge in [0.2, 0.25) is 11.0 Å². The number of carbonyl (C=O) groups is 1. The van der Waals surface area contributed by atoms with Crippen LogP contribution in [0.1, 0.15) is 23.2 Å². The van der Waals surface area contributed by atoms with Gasteiger partial charge in [-0.1, -0.05) is 52.9 Å². The van der Waals surface area contributed by atoms with Gasteiger partial charge in [-0.15, -0.1) is 21.5 Å². The highest BCUT2D eigenvalue weighted by Gasteiger charge is 2.09. The van der Waals surface area contributed by atoms with Crippen LogP contribution in [0.15, 0.2) is 58.3 Å². The SMILES string of the molecule is CC(=O)Nc1cccc(Nc2nnc(SCc3csc(Cc4ccc(Cl)cc4)n3)s2)c1. The lowest BCUT2D eigenvalue weighted by molar-refractivity contribution is -0.114. The molecule has 0 aliphatic carbocycles. The number of rotatable bonds is 8. The van der Waals surface area contributed by atoms with Gasteiger partial charge in [-0.05, 0) is 35.9 Å². The Labute approximate surface area is 197 Å². The van der Waals surface area contributed by atoms with Crippen molar-refractivity contribution in [1.29, 1.82) is 0 Å². The largest absolute Gasteiger partial charge is 0.330 e. The fourth-order valence-corrected chi connectivity index (χ4v) is 5.45. The number of thioether (sulfide) groups is 1. The molecule has 2 heterocycles. The minimum atomic E-state index is -0.106. The Morgan fingerprint density at radius 2 is 1.94 bits per heavy atom. The normalized spacial score (nSPS) is 10.8. The van der Waals surface area contributed by atoms with Crippen molar-refractivity contribution in [2.45, 2.75) is 23.4 Å². The van der Waals surface area contributed by atoms with E-state index in [-0.39, 0.29) is 5.91 Å². The van der Waals surface area contributed by atoms with Crippen molar-refractivity contribution in [1.82, 2.24) is 15.2 Å². The van der Waals surface area contributed by atoms with Crippen molar-refractivity contribution in [3.8, 4) is 0 Å². The van der Waals surface area contributed by atoms with Crippen LogP contribution in [-0.4, -0.2) is 21.1 Å². The molecule has 0 aliphatic rings. The lowest BCUT2D eigenvalue weighted by atomic mass is 10.2. The van der Waals surface area contributed by atoms with E-state index in [4.69, 9.17) is 16.6 Å². The van der Waals surface area contributed by atoms with Crippen LogP contribution in [0.2, 0.25) is 5.02 Å². The topological polar surface area (TPSA) is 79.8 Å². The summed E-state index contributed by atoms with van der Waals surface area (Å²) in [7, 11) is 0. The summed E-state index contributed by atoms with van der Waals surface area (Å²) in [6.07, 6.45) is 0.803. The van der Waals surface area contributed by atoms with Crippen LogP contribution in [0.5, 0.6) is 0 Å². The lowest BCUT2D eigenvalue weighted by Gasteiger charge is -2.05. The summed E-state index contributed by atoms with van der Waals surface area (Å²) in [5, 5.41) is 19.1. The highest BCUT2D eigenvalue weighted by Crippen LogP contribution is 2.31. The second-order valence-corrected chi connectivity index (χ2v) is 10.2. The summed E-state index contributed by atoms with van der Waals surface area (Å²) in [5.41, 5.74) is 3.80. The van der Waals surface area contributed by atoms with E-state index in [9.17, 15) is 4.79 Å². The van der Waals surface area contributed by atoms with Gasteiger partial charge in [0.15, 0.2) is 4.34 Å². The Hall–Kier alpha value is -2.46. The number of halogens is 1. The summed E-state index contributed by atoms with van der Waals surface area (Å²) in [5.74, 6) is 0.633. The van der Waals surface area contributed by atoms with E-state index in [0.717, 1.165) is 43.6 Å². The number of benzene rings is 2. The van der Waals surface area contributed by atoms with Crippen molar-refractivity contribution in [3.05, 3.63) is 75.2 Å². The number of thiazole rings is 1. The standard InChI is InChI=1S/C21H18ClN5OS3/c1-13(28)23-16-3-2-4-17(10-16)25-20-26-27-21(31-20)30-12-18-11-29-19(24-18)9-14-5-7-15(22)8-6-14/h2-8,10-11H,9,12H2,1H3,(H,23,28)(H,25,26). The van der Waals surface area contributed by atoms with Gasteiger partial charge < -0.3 is 10.6 Å². The van der Waals surface area contributed by atoms with Crippen molar-refractivity contribution >= 4 is 68.4 Å². The number of anilines is 3. The number of hydrogen-bond acceptors (Lipinski definition) is 8. The van der Waals surface area contributed by atoms with E-state index in [1.54, 1.807) is 23.1 Å². The molecule has 0 atom stereocenters. The van der Waals surface area contributed by atoms with Crippen LogP contribution in [0, 0.1) is 0 Å². The maximum atomic E-state index is 11.2. The van der Waals surface area contributed by atoms with Gasteiger partial charge >= 0.3 is 0 Å². The van der Waals surface area contributed by atoms with E-state index in [0.29, 0.717) is 5.13 Å². The molecule has 0 unspecified atom stereocenters. The number of hydrogen-bond donors (Lipinski definition) is 2. The third kappa shape index (κ3) is 6.51. The van der Waals surface area contributed by atoms with Gasteiger partial charge in [-0.2, -0.15) is 0 Å². The summed E-state index contributed by atoms with van der Waals surface area (Å²) in [6, 6.07) is 15.3. The molecule has 0 fully saturated rings. The van der Waals surface area contributed by atoms with Crippen LogP contribution in [-0.2, 0) is 17.0 Å². The highest BCUT2D eigenvalue weighted by atomic mass is 35.5. The van der Waals surface area contributed by atoms with Crippen LogP contribution >= 0.6 is 46.0 Å². The minimum Gasteiger partial charge on any atom is -0.330 e. The van der Waals surface area contributed by atoms with Crippen LogP contribution < -0.4 is 10.6 Å². The minimum absolute atomic E-state index is 0.106. The zero-order chi connectivity index (χ0) is 21.6. The Bertz CT molecular complexity index is 1180. The predicted octanol–water partition coefficient (Wildman–Crippen LogP) is 6.23. The van der Waals surface area contributed by atoms with E-state index >= 15 is 0 Å². The number of aromatic nitrogens is 3. The van der Waals surface area contributed by atoms with E-state index in [2.05, 4.69) is 26.2 Å². The number of carbonyl (C=O) groups excluding carboxylic acids is 1. The molecule has 0 bridgehead atoms. The molecule has 0 radical (unpaired) electrons. The van der Waals surface area contributed by atoms with E-state index < -0.39 is 0 Å². The molecule has 158 valence electrons. The average Bonchev–Trinajstić information content (AvgIpc) is 3.37. The first-order valence-electron chi connectivity index (χ1n) is 9.32. The number of amides is 1. The molecule has 4 aromatic rings. The first-order chi connectivity index (χ1) is 15.0. The molecule has 6 nitrogen and oxygen atoms in total.